The fourth-order valence-electron chi connectivity index (χ4n) is 3.49. The van der Waals surface area contributed by atoms with Gasteiger partial charge < -0.3 is 20.4 Å². The first-order chi connectivity index (χ1) is 12.5. The Labute approximate surface area is 159 Å². The zero-order valence-corrected chi connectivity index (χ0v) is 17.2. The van der Waals surface area contributed by atoms with Gasteiger partial charge in [0.15, 0.2) is 5.96 Å². The molecule has 1 fully saturated rings. The second-order valence-corrected chi connectivity index (χ2v) is 7.66. The highest BCUT2D eigenvalue weighted by Gasteiger charge is 2.21. The molecule has 1 aromatic rings. The first kappa shape index (κ1) is 20.7. The zero-order valence-electron chi connectivity index (χ0n) is 17.2. The molecule has 1 aliphatic rings. The zero-order chi connectivity index (χ0) is 18.9. The standard InChI is InChI=1S/C21H37N5/c1-6-22-21(24-19-12-14-26(15-13-19)17(2)3)23-16-20(25(4)5)18-10-8-7-9-11-18/h7-11,17,19-20H,6,12-16H2,1-5H3,(H2,22,23,24). The van der Waals surface area contributed by atoms with Crippen LogP contribution >= 0.6 is 0 Å². The van der Waals surface area contributed by atoms with Crippen LogP contribution in [0.2, 0.25) is 0 Å². The number of piperidine rings is 1. The van der Waals surface area contributed by atoms with E-state index in [0.717, 1.165) is 19.0 Å². The molecule has 5 heteroatoms. The fraction of sp³-hybridized carbons (Fsp3) is 0.667. The summed E-state index contributed by atoms with van der Waals surface area (Å²) in [4.78, 5) is 9.69. The van der Waals surface area contributed by atoms with Gasteiger partial charge in [-0.1, -0.05) is 30.3 Å². The Morgan fingerprint density at radius 3 is 2.38 bits per heavy atom. The van der Waals surface area contributed by atoms with Gasteiger partial charge in [-0.2, -0.15) is 0 Å². The average Bonchev–Trinajstić information content (AvgIpc) is 2.63. The number of benzene rings is 1. The first-order valence-corrected chi connectivity index (χ1v) is 10.0. The molecule has 1 saturated heterocycles. The second kappa shape index (κ2) is 10.5. The van der Waals surface area contributed by atoms with Crippen molar-refractivity contribution in [3.8, 4) is 0 Å². The molecule has 2 rings (SSSR count). The summed E-state index contributed by atoms with van der Waals surface area (Å²) in [7, 11) is 4.24. The molecule has 0 saturated carbocycles. The summed E-state index contributed by atoms with van der Waals surface area (Å²) in [5.74, 6) is 0.943. The molecule has 0 bridgehead atoms. The van der Waals surface area contributed by atoms with Gasteiger partial charge in [-0.3, -0.25) is 4.99 Å². The molecule has 0 amide bonds. The molecule has 1 unspecified atom stereocenters. The molecule has 0 radical (unpaired) electrons. The highest BCUT2D eigenvalue weighted by atomic mass is 15.2. The number of hydrogen-bond acceptors (Lipinski definition) is 3. The maximum absolute atomic E-state index is 4.90. The van der Waals surface area contributed by atoms with E-state index in [1.54, 1.807) is 0 Å². The number of likely N-dealkylation sites (N-methyl/N-ethyl adjacent to an activating group) is 1. The van der Waals surface area contributed by atoms with E-state index in [1.807, 2.05) is 0 Å². The van der Waals surface area contributed by atoms with Gasteiger partial charge in [0.05, 0.1) is 12.6 Å². The third kappa shape index (κ3) is 6.29. The lowest BCUT2D eigenvalue weighted by atomic mass is 10.0. The normalized spacial score (nSPS) is 18.3. The number of rotatable bonds is 7. The smallest absolute Gasteiger partial charge is 0.191 e. The van der Waals surface area contributed by atoms with Crippen molar-refractivity contribution in [2.24, 2.45) is 4.99 Å². The predicted octanol–water partition coefficient (Wildman–Crippen LogP) is 2.72. The second-order valence-electron chi connectivity index (χ2n) is 7.66. The van der Waals surface area contributed by atoms with E-state index in [1.165, 1.54) is 31.5 Å². The quantitative estimate of drug-likeness (QED) is 0.580. The van der Waals surface area contributed by atoms with Crippen molar-refractivity contribution in [1.29, 1.82) is 0 Å². The Bertz CT molecular complexity index is 533. The van der Waals surface area contributed by atoms with Crippen molar-refractivity contribution in [3.05, 3.63) is 35.9 Å². The van der Waals surface area contributed by atoms with Crippen LogP contribution in [0, 0.1) is 0 Å². The van der Waals surface area contributed by atoms with E-state index < -0.39 is 0 Å². The summed E-state index contributed by atoms with van der Waals surface area (Å²) < 4.78 is 0. The molecule has 0 aliphatic carbocycles. The van der Waals surface area contributed by atoms with Crippen LogP contribution in [0.4, 0.5) is 0 Å². The lowest BCUT2D eigenvalue weighted by molar-refractivity contribution is 0.167. The Balaban J connectivity index is 1.97. The summed E-state index contributed by atoms with van der Waals surface area (Å²) in [6, 6.07) is 12.1. The number of guanidine groups is 1. The van der Waals surface area contributed by atoms with Crippen LogP contribution < -0.4 is 10.6 Å². The number of nitrogens with zero attached hydrogens (tertiary/aromatic N) is 3. The van der Waals surface area contributed by atoms with Gasteiger partial charge in [0, 0.05) is 31.7 Å². The lowest BCUT2D eigenvalue weighted by Crippen LogP contribution is -2.50. The molecule has 1 aromatic carbocycles. The predicted molar refractivity (Wildman–Crippen MR) is 112 cm³/mol. The summed E-state index contributed by atoms with van der Waals surface area (Å²) in [5, 5.41) is 7.07. The van der Waals surface area contributed by atoms with Crippen molar-refractivity contribution in [2.45, 2.75) is 51.7 Å². The average molecular weight is 360 g/mol. The van der Waals surface area contributed by atoms with Crippen LogP contribution in [0.25, 0.3) is 0 Å². The molecule has 2 N–H and O–H groups in total. The highest BCUT2D eigenvalue weighted by Crippen LogP contribution is 2.18. The van der Waals surface area contributed by atoms with Crippen LogP contribution in [0.1, 0.15) is 45.2 Å². The van der Waals surface area contributed by atoms with Crippen LogP contribution in [-0.2, 0) is 0 Å². The van der Waals surface area contributed by atoms with Crippen molar-refractivity contribution in [3.63, 3.8) is 0 Å². The van der Waals surface area contributed by atoms with Crippen LogP contribution in [0.3, 0.4) is 0 Å². The molecule has 146 valence electrons. The van der Waals surface area contributed by atoms with Crippen molar-refractivity contribution in [1.82, 2.24) is 20.4 Å². The molecular formula is C21H37N5. The van der Waals surface area contributed by atoms with Gasteiger partial charge in [-0.05, 0) is 53.3 Å². The minimum atomic E-state index is 0.287. The summed E-state index contributed by atoms with van der Waals surface area (Å²) >= 11 is 0. The van der Waals surface area contributed by atoms with Crippen LogP contribution in [0.15, 0.2) is 35.3 Å². The van der Waals surface area contributed by atoms with Gasteiger partial charge in [0.25, 0.3) is 0 Å². The van der Waals surface area contributed by atoms with Gasteiger partial charge in [0.2, 0.25) is 0 Å². The van der Waals surface area contributed by atoms with E-state index in [0.29, 0.717) is 12.1 Å². The lowest BCUT2D eigenvalue weighted by Gasteiger charge is -2.35. The number of likely N-dealkylation sites (tertiary alicyclic amines) is 1. The van der Waals surface area contributed by atoms with E-state index in [9.17, 15) is 0 Å². The third-order valence-electron chi connectivity index (χ3n) is 5.17. The Hall–Kier alpha value is -1.59. The fourth-order valence-corrected chi connectivity index (χ4v) is 3.49. The number of nitrogens with one attached hydrogen (secondary N) is 2. The van der Waals surface area contributed by atoms with E-state index in [-0.39, 0.29) is 6.04 Å². The van der Waals surface area contributed by atoms with E-state index in [2.05, 4.69) is 85.6 Å². The third-order valence-corrected chi connectivity index (χ3v) is 5.17. The topological polar surface area (TPSA) is 42.9 Å². The SMILES string of the molecule is CCNC(=NCC(c1ccccc1)N(C)C)NC1CCN(C(C)C)CC1. The highest BCUT2D eigenvalue weighted by molar-refractivity contribution is 5.80. The van der Waals surface area contributed by atoms with Gasteiger partial charge in [-0.25, -0.2) is 0 Å². The van der Waals surface area contributed by atoms with Crippen molar-refractivity contribution < 1.29 is 0 Å². The van der Waals surface area contributed by atoms with Crippen molar-refractivity contribution in [2.75, 3.05) is 40.3 Å². The summed E-state index contributed by atoms with van der Waals surface area (Å²) in [6.45, 7) is 10.7. The van der Waals surface area contributed by atoms with Crippen LogP contribution in [-0.4, -0.2) is 68.1 Å². The Kier molecular flexibility index (Phi) is 8.39. The van der Waals surface area contributed by atoms with Gasteiger partial charge in [-0.15, -0.1) is 0 Å². The summed E-state index contributed by atoms with van der Waals surface area (Å²) in [6.07, 6.45) is 2.36. The molecule has 0 aromatic heterocycles. The minimum absolute atomic E-state index is 0.287. The van der Waals surface area contributed by atoms with E-state index in [4.69, 9.17) is 4.99 Å². The number of aliphatic imine (C=N–C) groups is 1. The molecule has 26 heavy (non-hydrogen) atoms. The monoisotopic (exact) mass is 359 g/mol. The molecule has 0 spiro atoms. The van der Waals surface area contributed by atoms with Crippen molar-refractivity contribution >= 4 is 5.96 Å². The van der Waals surface area contributed by atoms with Crippen LogP contribution in [0.5, 0.6) is 0 Å². The van der Waals surface area contributed by atoms with Gasteiger partial charge >= 0.3 is 0 Å². The molecule has 1 heterocycles. The molecule has 1 aliphatic heterocycles. The Morgan fingerprint density at radius 2 is 1.85 bits per heavy atom. The Morgan fingerprint density at radius 1 is 1.19 bits per heavy atom. The summed E-state index contributed by atoms with van der Waals surface area (Å²) in [5.41, 5.74) is 1.31. The maximum atomic E-state index is 4.90. The minimum Gasteiger partial charge on any atom is -0.357 e. The molecule has 5 nitrogen and oxygen atoms in total. The largest absolute Gasteiger partial charge is 0.357 e. The maximum Gasteiger partial charge on any atom is 0.191 e. The molecule has 1 atom stereocenters. The van der Waals surface area contributed by atoms with Gasteiger partial charge in [0.1, 0.15) is 0 Å². The first-order valence-electron chi connectivity index (χ1n) is 10.0. The molecular weight excluding hydrogens is 322 g/mol. The number of hydrogen-bond donors (Lipinski definition) is 2. The van der Waals surface area contributed by atoms with E-state index >= 15 is 0 Å².